The average molecular weight is 381 g/mol. The van der Waals surface area contributed by atoms with E-state index < -0.39 is 17.9 Å². The van der Waals surface area contributed by atoms with Crippen molar-refractivity contribution in [3.63, 3.8) is 0 Å². The SMILES string of the molecule is Cc1c(C(=O)O)cccc1C(=O)O.O=C(O)CNc1cccc2ccccc12. The molecule has 0 unspecified atom stereocenters. The highest BCUT2D eigenvalue weighted by atomic mass is 16.4. The number of hydrogen-bond donors (Lipinski definition) is 4. The van der Waals surface area contributed by atoms with Crippen LogP contribution in [0.3, 0.4) is 0 Å². The lowest BCUT2D eigenvalue weighted by Crippen LogP contribution is -2.12. The molecule has 0 aliphatic carbocycles. The Balaban J connectivity index is 0.000000203. The van der Waals surface area contributed by atoms with Crippen LogP contribution in [0.4, 0.5) is 5.69 Å². The van der Waals surface area contributed by atoms with Crippen molar-refractivity contribution in [1.29, 1.82) is 0 Å². The number of carboxylic acids is 3. The monoisotopic (exact) mass is 381 g/mol. The molecule has 3 rings (SSSR count). The highest BCUT2D eigenvalue weighted by molar-refractivity contribution is 5.96. The van der Waals surface area contributed by atoms with E-state index in [-0.39, 0.29) is 23.2 Å². The Morgan fingerprint density at radius 2 is 1.32 bits per heavy atom. The molecule has 0 aromatic heterocycles. The second-order valence-corrected chi connectivity index (χ2v) is 5.86. The van der Waals surface area contributed by atoms with Crippen LogP contribution in [0.15, 0.2) is 60.7 Å². The minimum Gasteiger partial charge on any atom is -0.480 e. The first-order chi connectivity index (χ1) is 13.3. The van der Waals surface area contributed by atoms with Gasteiger partial charge < -0.3 is 20.6 Å². The summed E-state index contributed by atoms with van der Waals surface area (Å²) < 4.78 is 0. The van der Waals surface area contributed by atoms with Crippen LogP contribution in [0.5, 0.6) is 0 Å². The molecular weight excluding hydrogens is 362 g/mol. The molecule has 7 nitrogen and oxygen atoms in total. The molecule has 28 heavy (non-hydrogen) atoms. The van der Waals surface area contributed by atoms with E-state index in [1.807, 2.05) is 42.5 Å². The second-order valence-electron chi connectivity index (χ2n) is 5.86. The maximum absolute atomic E-state index is 10.6. The van der Waals surface area contributed by atoms with Gasteiger partial charge in [-0.1, -0.05) is 42.5 Å². The zero-order valence-electron chi connectivity index (χ0n) is 15.0. The fourth-order valence-electron chi connectivity index (χ4n) is 2.65. The second kappa shape index (κ2) is 9.18. The summed E-state index contributed by atoms with van der Waals surface area (Å²) in [4.78, 5) is 31.7. The molecule has 0 amide bonds. The Hall–Kier alpha value is -3.87. The van der Waals surface area contributed by atoms with Crippen molar-refractivity contribution >= 4 is 34.4 Å². The third-order valence-corrected chi connectivity index (χ3v) is 4.01. The maximum Gasteiger partial charge on any atom is 0.335 e. The van der Waals surface area contributed by atoms with Crippen molar-refractivity contribution in [3.8, 4) is 0 Å². The van der Waals surface area contributed by atoms with Gasteiger partial charge in [0.15, 0.2) is 0 Å². The number of rotatable bonds is 5. The first-order valence-electron chi connectivity index (χ1n) is 8.31. The number of carbonyl (C=O) groups is 3. The normalized spacial score (nSPS) is 9.89. The number of aliphatic carboxylic acids is 1. The molecule has 7 heteroatoms. The van der Waals surface area contributed by atoms with Crippen LogP contribution in [0.1, 0.15) is 26.3 Å². The summed E-state index contributed by atoms with van der Waals surface area (Å²) >= 11 is 0. The number of aromatic carboxylic acids is 2. The fraction of sp³-hybridized carbons (Fsp3) is 0.0952. The summed E-state index contributed by atoms with van der Waals surface area (Å²) in [6, 6.07) is 17.8. The van der Waals surface area contributed by atoms with Crippen LogP contribution in [0.2, 0.25) is 0 Å². The standard InChI is InChI=1S/C12H11NO2.C9H8O4/c14-12(15)8-13-11-7-3-5-9-4-1-2-6-10(9)11;1-5-6(8(10)11)3-2-4-7(5)9(12)13/h1-7,13H,8H2,(H,14,15);2-4H,1H3,(H,10,11)(H,12,13). The predicted octanol–water partition coefficient (Wildman–Crippen LogP) is 3.73. The molecule has 144 valence electrons. The van der Waals surface area contributed by atoms with Crippen LogP contribution in [0, 0.1) is 6.92 Å². The van der Waals surface area contributed by atoms with E-state index >= 15 is 0 Å². The predicted molar refractivity (Wildman–Crippen MR) is 105 cm³/mol. The van der Waals surface area contributed by atoms with Gasteiger partial charge in [0.1, 0.15) is 6.54 Å². The lowest BCUT2D eigenvalue weighted by atomic mass is 10.0. The summed E-state index contributed by atoms with van der Waals surface area (Å²) in [6.07, 6.45) is 0. The van der Waals surface area contributed by atoms with E-state index in [2.05, 4.69) is 5.32 Å². The third kappa shape index (κ3) is 5.07. The molecule has 0 aliphatic rings. The lowest BCUT2D eigenvalue weighted by molar-refractivity contribution is -0.134. The van der Waals surface area contributed by atoms with Gasteiger partial charge >= 0.3 is 17.9 Å². The Morgan fingerprint density at radius 1 is 0.786 bits per heavy atom. The van der Waals surface area contributed by atoms with Crippen molar-refractivity contribution in [2.45, 2.75) is 6.92 Å². The van der Waals surface area contributed by atoms with E-state index in [1.54, 1.807) is 0 Å². The highest BCUT2D eigenvalue weighted by Gasteiger charge is 2.13. The van der Waals surface area contributed by atoms with Gasteiger partial charge in [-0.3, -0.25) is 4.79 Å². The van der Waals surface area contributed by atoms with Crippen molar-refractivity contribution in [1.82, 2.24) is 0 Å². The Morgan fingerprint density at radius 3 is 1.89 bits per heavy atom. The molecule has 0 heterocycles. The molecule has 0 atom stereocenters. The largest absolute Gasteiger partial charge is 0.480 e. The van der Waals surface area contributed by atoms with E-state index in [4.69, 9.17) is 15.3 Å². The fourth-order valence-corrected chi connectivity index (χ4v) is 2.65. The van der Waals surface area contributed by atoms with E-state index in [0.717, 1.165) is 16.5 Å². The van der Waals surface area contributed by atoms with Gasteiger partial charge in [-0.2, -0.15) is 0 Å². The zero-order valence-corrected chi connectivity index (χ0v) is 15.0. The number of benzene rings is 3. The summed E-state index contributed by atoms with van der Waals surface area (Å²) in [5.41, 5.74) is 1.19. The molecule has 0 fully saturated rings. The summed E-state index contributed by atoms with van der Waals surface area (Å²) in [5, 5.41) is 31.0. The third-order valence-electron chi connectivity index (χ3n) is 4.01. The van der Waals surface area contributed by atoms with Crippen molar-refractivity contribution in [2.75, 3.05) is 11.9 Å². The van der Waals surface area contributed by atoms with Crippen LogP contribution < -0.4 is 5.32 Å². The lowest BCUT2D eigenvalue weighted by Gasteiger charge is -2.07. The van der Waals surface area contributed by atoms with Gasteiger partial charge in [0.05, 0.1) is 11.1 Å². The summed E-state index contributed by atoms with van der Waals surface area (Å²) in [7, 11) is 0. The average Bonchev–Trinajstić information content (AvgIpc) is 2.66. The van der Waals surface area contributed by atoms with E-state index in [9.17, 15) is 14.4 Å². The zero-order chi connectivity index (χ0) is 20.7. The van der Waals surface area contributed by atoms with Crippen LogP contribution in [0.25, 0.3) is 10.8 Å². The molecule has 0 aliphatic heterocycles. The number of carboxylic acid groups (broad SMARTS) is 3. The van der Waals surface area contributed by atoms with Crippen molar-refractivity contribution < 1.29 is 29.7 Å². The topological polar surface area (TPSA) is 124 Å². The van der Waals surface area contributed by atoms with Gasteiger partial charge in [-0.25, -0.2) is 9.59 Å². The van der Waals surface area contributed by atoms with Crippen molar-refractivity contribution in [2.24, 2.45) is 0 Å². The highest BCUT2D eigenvalue weighted by Crippen LogP contribution is 2.22. The molecule has 0 bridgehead atoms. The number of nitrogens with one attached hydrogen (secondary N) is 1. The Labute approximate surface area is 160 Å². The number of hydrogen-bond acceptors (Lipinski definition) is 4. The molecule has 0 radical (unpaired) electrons. The Kier molecular flexibility index (Phi) is 6.70. The smallest absolute Gasteiger partial charge is 0.335 e. The molecule has 3 aromatic carbocycles. The summed E-state index contributed by atoms with van der Waals surface area (Å²) in [5.74, 6) is -3.08. The number of fused-ring (bicyclic) bond motifs is 1. The molecule has 3 aromatic rings. The molecule has 0 saturated carbocycles. The minimum absolute atomic E-state index is 0.0277. The van der Waals surface area contributed by atoms with E-state index in [0.29, 0.717) is 0 Å². The van der Waals surface area contributed by atoms with Gasteiger partial charge in [-0.15, -0.1) is 0 Å². The van der Waals surface area contributed by atoms with Crippen LogP contribution >= 0.6 is 0 Å². The molecule has 0 saturated heterocycles. The Bertz CT molecular complexity index is 991. The quantitative estimate of drug-likeness (QED) is 0.531. The minimum atomic E-state index is -1.11. The molecular formula is C21H19NO6. The first kappa shape index (κ1) is 20.4. The summed E-state index contributed by atoms with van der Waals surface area (Å²) in [6.45, 7) is 1.42. The molecule has 0 spiro atoms. The van der Waals surface area contributed by atoms with E-state index in [1.165, 1.54) is 25.1 Å². The van der Waals surface area contributed by atoms with Crippen LogP contribution in [-0.4, -0.2) is 39.8 Å². The van der Waals surface area contributed by atoms with Crippen LogP contribution in [-0.2, 0) is 4.79 Å². The van der Waals surface area contributed by atoms with Gasteiger partial charge in [-0.05, 0) is 36.1 Å². The number of anilines is 1. The van der Waals surface area contributed by atoms with Crippen molar-refractivity contribution in [3.05, 3.63) is 77.4 Å². The van der Waals surface area contributed by atoms with Gasteiger partial charge in [0.2, 0.25) is 0 Å². The first-order valence-corrected chi connectivity index (χ1v) is 8.31. The van der Waals surface area contributed by atoms with Gasteiger partial charge in [0, 0.05) is 11.1 Å². The maximum atomic E-state index is 10.6. The molecule has 4 N–H and O–H groups in total. The van der Waals surface area contributed by atoms with Gasteiger partial charge in [0.25, 0.3) is 0 Å².